The van der Waals surface area contributed by atoms with Gasteiger partial charge < -0.3 is 19.3 Å². The lowest BCUT2D eigenvalue weighted by molar-refractivity contribution is 0.0585. The third kappa shape index (κ3) is 4.57. The highest BCUT2D eigenvalue weighted by atomic mass is 16.5. The molecule has 5 nitrogen and oxygen atoms in total. The number of ether oxygens (including phenoxy) is 2. The van der Waals surface area contributed by atoms with Gasteiger partial charge in [0.25, 0.3) is 5.91 Å². The lowest BCUT2D eigenvalue weighted by Gasteiger charge is -2.36. The summed E-state index contributed by atoms with van der Waals surface area (Å²) < 4.78 is 10.6. The van der Waals surface area contributed by atoms with Gasteiger partial charge in [-0.05, 0) is 62.8 Å². The number of likely N-dealkylation sites (tertiary alicyclic amines) is 1. The predicted molar refractivity (Wildman–Crippen MR) is 104 cm³/mol. The van der Waals surface area contributed by atoms with Crippen molar-refractivity contribution in [3.63, 3.8) is 0 Å². The molecule has 0 N–H and O–H groups in total. The molecule has 1 aromatic rings. The molecule has 0 aliphatic carbocycles. The second-order valence-corrected chi connectivity index (χ2v) is 7.38. The molecule has 2 fully saturated rings. The van der Waals surface area contributed by atoms with Crippen molar-refractivity contribution in [2.24, 2.45) is 0 Å². The quantitative estimate of drug-likeness (QED) is 0.731. The number of hydrogen-bond acceptors (Lipinski definition) is 4. The third-order valence-corrected chi connectivity index (χ3v) is 5.57. The smallest absolute Gasteiger partial charge is 0.254 e. The van der Waals surface area contributed by atoms with Gasteiger partial charge >= 0.3 is 0 Å². The molecule has 0 spiro atoms. The van der Waals surface area contributed by atoms with Gasteiger partial charge in [0.15, 0.2) is 0 Å². The molecule has 1 unspecified atom stereocenters. The Bertz CT molecular complexity index is 599. The minimum atomic E-state index is 0.184. The van der Waals surface area contributed by atoms with E-state index in [1.807, 2.05) is 6.07 Å². The van der Waals surface area contributed by atoms with Crippen molar-refractivity contribution in [2.75, 3.05) is 51.5 Å². The van der Waals surface area contributed by atoms with E-state index in [4.69, 9.17) is 9.47 Å². The highest BCUT2D eigenvalue weighted by Crippen LogP contribution is 2.26. The Morgan fingerprint density at radius 2 is 2.04 bits per heavy atom. The van der Waals surface area contributed by atoms with Crippen molar-refractivity contribution in [2.45, 2.75) is 45.1 Å². The van der Waals surface area contributed by atoms with Crippen LogP contribution in [-0.4, -0.2) is 63.4 Å². The molecule has 5 heteroatoms. The summed E-state index contributed by atoms with van der Waals surface area (Å²) in [5.74, 6) is 0.184. The lowest BCUT2D eigenvalue weighted by atomic mass is 9.96. The first-order valence-corrected chi connectivity index (χ1v) is 9.94. The van der Waals surface area contributed by atoms with Crippen LogP contribution in [0.2, 0.25) is 0 Å². The molecule has 1 aromatic carbocycles. The van der Waals surface area contributed by atoms with Gasteiger partial charge in [0.05, 0.1) is 13.2 Å². The van der Waals surface area contributed by atoms with Crippen LogP contribution in [-0.2, 0) is 9.47 Å². The summed E-state index contributed by atoms with van der Waals surface area (Å²) in [6.07, 6.45) is 5.48. The third-order valence-electron chi connectivity index (χ3n) is 5.57. The van der Waals surface area contributed by atoms with Crippen LogP contribution >= 0.6 is 0 Å². The van der Waals surface area contributed by atoms with Crippen LogP contribution in [0.5, 0.6) is 0 Å². The summed E-state index contributed by atoms with van der Waals surface area (Å²) in [6, 6.07) is 6.53. The van der Waals surface area contributed by atoms with Crippen LogP contribution in [0, 0.1) is 6.92 Å². The molecule has 26 heavy (non-hydrogen) atoms. The van der Waals surface area contributed by atoms with E-state index in [1.54, 1.807) is 7.11 Å². The number of carbonyl (C=O) groups excluding carboxylic acids is 1. The predicted octanol–water partition coefficient (Wildman–Crippen LogP) is 3.25. The Balaban J connectivity index is 1.70. The molecule has 1 amide bonds. The van der Waals surface area contributed by atoms with Crippen LogP contribution in [0.4, 0.5) is 5.69 Å². The summed E-state index contributed by atoms with van der Waals surface area (Å²) >= 11 is 0. The Labute approximate surface area is 157 Å². The van der Waals surface area contributed by atoms with Crippen LogP contribution in [0.15, 0.2) is 18.2 Å². The molecule has 2 aliphatic rings. The molecule has 3 rings (SSSR count). The van der Waals surface area contributed by atoms with Gasteiger partial charge in [-0.15, -0.1) is 0 Å². The fourth-order valence-electron chi connectivity index (χ4n) is 4.14. The Morgan fingerprint density at radius 3 is 2.77 bits per heavy atom. The van der Waals surface area contributed by atoms with E-state index >= 15 is 0 Å². The monoisotopic (exact) mass is 360 g/mol. The molecule has 144 valence electrons. The molecular weight excluding hydrogens is 328 g/mol. The van der Waals surface area contributed by atoms with Gasteiger partial charge in [-0.3, -0.25) is 4.79 Å². The van der Waals surface area contributed by atoms with Gasteiger partial charge in [0.2, 0.25) is 0 Å². The Kier molecular flexibility index (Phi) is 6.92. The fraction of sp³-hybridized carbons (Fsp3) is 0.667. The van der Waals surface area contributed by atoms with Crippen LogP contribution in [0.25, 0.3) is 0 Å². The van der Waals surface area contributed by atoms with E-state index in [1.165, 1.54) is 17.7 Å². The fourth-order valence-corrected chi connectivity index (χ4v) is 4.14. The highest BCUT2D eigenvalue weighted by Gasteiger charge is 2.27. The lowest BCUT2D eigenvalue weighted by Crippen LogP contribution is -2.44. The average Bonchev–Trinajstić information content (AvgIpc) is 2.68. The summed E-state index contributed by atoms with van der Waals surface area (Å²) in [5, 5.41) is 0. The van der Waals surface area contributed by atoms with E-state index in [9.17, 15) is 4.79 Å². The van der Waals surface area contributed by atoms with Gasteiger partial charge in [-0.25, -0.2) is 0 Å². The van der Waals surface area contributed by atoms with E-state index in [2.05, 4.69) is 28.9 Å². The number of methoxy groups -OCH3 is 1. The molecule has 2 heterocycles. The molecular formula is C21H32N2O3. The van der Waals surface area contributed by atoms with Crippen LogP contribution < -0.4 is 4.90 Å². The van der Waals surface area contributed by atoms with Crippen molar-refractivity contribution in [3.05, 3.63) is 29.3 Å². The van der Waals surface area contributed by atoms with Gasteiger partial charge in [-0.2, -0.15) is 0 Å². The average molecular weight is 360 g/mol. The van der Waals surface area contributed by atoms with Crippen LogP contribution in [0.3, 0.4) is 0 Å². The minimum absolute atomic E-state index is 0.184. The number of nitrogens with zero attached hydrogens (tertiary/aromatic N) is 2. The van der Waals surface area contributed by atoms with Crippen molar-refractivity contribution in [1.82, 2.24) is 4.90 Å². The van der Waals surface area contributed by atoms with Crippen molar-refractivity contribution >= 4 is 11.6 Å². The van der Waals surface area contributed by atoms with Crippen molar-refractivity contribution in [1.29, 1.82) is 0 Å². The number of carbonyl (C=O) groups is 1. The topological polar surface area (TPSA) is 42.0 Å². The first-order valence-electron chi connectivity index (χ1n) is 9.94. The number of rotatable bonds is 6. The van der Waals surface area contributed by atoms with E-state index in [-0.39, 0.29) is 5.91 Å². The number of anilines is 1. The largest absolute Gasteiger partial charge is 0.385 e. The van der Waals surface area contributed by atoms with E-state index < -0.39 is 0 Å². The van der Waals surface area contributed by atoms with E-state index in [0.717, 1.165) is 70.7 Å². The SMILES string of the molecule is COCCCC1CCCCN1C(=O)c1ccc(N2CCOCC2)c(C)c1. The normalized spacial score (nSPS) is 21.1. The number of morpholine rings is 1. The zero-order valence-electron chi connectivity index (χ0n) is 16.2. The number of hydrogen-bond donors (Lipinski definition) is 0. The molecule has 0 radical (unpaired) electrons. The summed E-state index contributed by atoms with van der Waals surface area (Å²) in [4.78, 5) is 17.6. The number of piperidine rings is 1. The molecule has 1 atom stereocenters. The zero-order chi connectivity index (χ0) is 18.4. The summed E-state index contributed by atoms with van der Waals surface area (Å²) in [5.41, 5.74) is 3.21. The number of aryl methyl sites for hydroxylation is 1. The Morgan fingerprint density at radius 1 is 1.23 bits per heavy atom. The maximum Gasteiger partial charge on any atom is 0.254 e. The number of benzene rings is 1. The standard InChI is InChI=1S/C21H32N2O3/c1-17-16-18(8-9-20(17)22-11-14-26-15-12-22)21(24)23-10-4-3-6-19(23)7-5-13-25-2/h8-9,16,19H,3-7,10-15H2,1-2H3. The highest BCUT2D eigenvalue weighted by molar-refractivity contribution is 5.95. The van der Waals surface area contributed by atoms with Crippen molar-refractivity contribution in [3.8, 4) is 0 Å². The minimum Gasteiger partial charge on any atom is -0.385 e. The zero-order valence-corrected chi connectivity index (χ0v) is 16.2. The van der Waals surface area contributed by atoms with Gasteiger partial charge in [-0.1, -0.05) is 0 Å². The maximum atomic E-state index is 13.1. The maximum absolute atomic E-state index is 13.1. The summed E-state index contributed by atoms with van der Waals surface area (Å²) in [7, 11) is 1.74. The Hall–Kier alpha value is -1.59. The van der Waals surface area contributed by atoms with Gasteiger partial charge in [0.1, 0.15) is 0 Å². The van der Waals surface area contributed by atoms with Crippen LogP contribution in [0.1, 0.15) is 48.0 Å². The molecule has 0 bridgehead atoms. The first-order chi connectivity index (χ1) is 12.7. The molecule has 2 saturated heterocycles. The first kappa shape index (κ1) is 19.2. The molecule has 0 saturated carbocycles. The second-order valence-electron chi connectivity index (χ2n) is 7.38. The molecule has 2 aliphatic heterocycles. The van der Waals surface area contributed by atoms with Gasteiger partial charge in [0, 0.05) is 50.6 Å². The van der Waals surface area contributed by atoms with Crippen molar-refractivity contribution < 1.29 is 14.3 Å². The van der Waals surface area contributed by atoms with E-state index in [0.29, 0.717) is 6.04 Å². The number of amides is 1. The molecule has 0 aromatic heterocycles. The second kappa shape index (κ2) is 9.38. The summed E-state index contributed by atoms with van der Waals surface area (Å²) in [6.45, 7) is 7.14.